The molecule has 2 rings (SSSR count). The molecule has 0 atom stereocenters. The summed E-state index contributed by atoms with van der Waals surface area (Å²) in [6, 6.07) is 8.59. The van der Waals surface area contributed by atoms with Crippen molar-refractivity contribution in [2.24, 2.45) is 5.73 Å². The van der Waals surface area contributed by atoms with Crippen LogP contribution in [0.2, 0.25) is 0 Å². The van der Waals surface area contributed by atoms with Gasteiger partial charge < -0.3 is 5.73 Å². The summed E-state index contributed by atoms with van der Waals surface area (Å²) in [6.07, 6.45) is 0. The van der Waals surface area contributed by atoms with E-state index in [2.05, 4.69) is 23.3 Å². The van der Waals surface area contributed by atoms with E-state index >= 15 is 0 Å². The molecular formula is C15H18FN3S. The number of benzene rings is 1. The van der Waals surface area contributed by atoms with Crippen LogP contribution in [0.4, 0.5) is 4.39 Å². The van der Waals surface area contributed by atoms with Crippen LogP contribution in [0.3, 0.4) is 0 Å². The van der Waals surface area contributed by atoms with Crippen molar-refractivity contribution in [3.63, 3.8) is 0 Å². The number of hydrogen-bond donors (Lipinski definition) is 2. The van der Waals surface area contributed by atoms with Gasteiger partial charge in [0.15, 0.2) is 0 Å². The maximum Gasteiger partial charge on any atom is 0.123 e. The molecule has 0 bridgehead atoms. The van der Waals surface area contributed by atoms with Gasteiger partial charge in [0, 0.05) is 23.5 Å². The number of nitrogen functional groups attached to an aromatic ring is 1. The van der Waals surface area contributed by atoms with Crippen molar-refractivity contribution in [2.75, 3.05) is 6.54 Å². The Morgan fingerprint density at radius 1 is 1.35 bits per heavy atom. The quantitative estimate of drug-likeness (QED) is 0.634. The standard InChI is InChI=1S/C15H18FN3S/c1-2-19(10-13-4-3-7-20-13)9-11-5-6-12(16)8-14(11)15(17)18/h3-8H,2,9-10H2,1H3,(H3,17,18). The van der Waals surface area contributed by atoms with E-state index in [9.17, 15) is 4.39 Å². The molecule has 0 fully saturated rings. The number of nitrogens with two attached hydrogens (primary N) is 1. The molecule has 5 heteroatoms. The second kappa shape index (κ2) is 6.63. The van der Waals surface area contributed by atoms with E-state index in [0.29, 0.717) is 12.1 Å². The van der Waals surface area contributed by atoms with Crippen LogP contribution < -0.4 is 5.73 Å². The smallest absolute Gasteiger partial charge is 0.123 e. The average molecular weight is 291 g/mol. The molecule has 0 saturated heterocycles. The highest BCUT2D eigenvalue weighted by molar-refractivity contribution is 7.09. The first-order valence-electron chi connectivity index (χ1n) is 6.47. The van der Waals surface area contributed by atoms with Crippen LogP contribution in [0.15, 0.2) is 35.7 Å². The van der Waals surface area contributed by atoms with Crippen LogP contribution in [0.1, 0.15) is 22.9 Å². The summed E-state index contributed by atoms with van der Waals surface area (Å²) in [4.78, 5) is 3.53. The van der Waals surface area contributed by atoms with E-state index in [-0.39, 0.29) is 11.7 Å². The minimum Gasteiger partial charge on any atom is -0.384 e. The Labute approximate surface area is 122 Å². The van der Waals surface area contributed by atoms with Crippen molar-refractivity contribution in [2.45, 2.75) is 20.0 Å². The summed E-state index contributed by atoms with van der Waals surface area (Å²) in [5, 5.41) is 9.62. The average Bonchev–Trinajstić information content (AvgIpc) is 2.92. The van der Waals surface area contributed by atoms with Gasteiger partial charge in [0.2, 0.25) is 0 Å². The van der Waals surface area contributed by atoms with Crippen LogP contribution in [0.25, 0.3) is 0 Å². The Bertz CT molecular complexity index is 581. The normalized spacial score (nSPS) is 10.9. The molecule has 1 aromatic heterocycles. The van der Waals surface area contributed by atoms with Gasteiger partial charge in [0.1, 0.15) is 11.7 Å². The minimum atomic E-state index is -0.361. The van der Waals surface area contributed by atoms with Gasteiger partial charge in [-0.1, -0.05) is 19.1 Å². The monoisotopic (exact) mass is 291 g/mol. The van der Waals surface area contributed by atoms with E-state index in [1.54, 1.807) is 17.4 Å². The number of halogens is 1. The lowest BCUT2D eigenvalue weighted by atomic mass is 10.1. The zero-order chi connectivity index (χ0) is 14.5. The van der Waals surface area contributed by atoms with Crippen molar-refractivity contribution in [1.82, 2.24) is 4.90 Å². The number of thiophene rings is 1. The Morgan fingerprint density at radius 3 is 2.75 bits per heavy atom. The van der Waals surface area contributed by atoms with E-state index in [1.165, 1.54) is 17.0 Å². The van der Waals surface area contributed by atoms with Crippen LogP contribution in [0, 0.1) is 11.2 Å². The zero-order valence-corrected chi connectivity index (χ0v) is 12.2. The van der Waals surface area contributed by atoms with Crippen LogP contribution >= 0.6 is 11.3 Å². The van der Waals surface area contributed by atoms with Gasteiger partial charge in [-0.2, -0.15) is 0 Å². The fraction of sp³-hybridized carbons (Fsp3) is 0.267. The molecule has 106 valence electrons. The predicted octanol–water partition coefficient (Wildman–Crippen LogP) is 3.19. The zero-order valence-electron chi connectivity index (χ0n) is 11.4. The van der Waals surface area contributed by atoms with Crippen molar-refractivity contribution < 1.29 is 4.39 Å². The summed E-state index contributed by atoms with van der Waals surface area (Å²) < 4.78 is 13.3. The van der Waals surface area contributed by atoms with E-state index in [1.807, 2.05) is 6.07 Å². The molecule has 2 aromatic rings. The summed E-state index contributed by atoms with van der Waals surface area (Å²) in [5.41, 5.74) is 6.90. The molecule has 0 aliphatic heterocycles. The van der Waals surface area contributed by atoms with Crippen LogP contribution in [0.5, 0.6) is 0 Å². The van der Waals surface area contributed by atoms with Gasteiger partial charge >= 0.3 is 0 Å². The Morgan fingerprint density at radius 2 is 2.15 bits per heavy atom. The second-order valence-electron chi connectivity index (χ2n) is 4.60. The van der Waals surface area contributed by atoms with Gasteiger partial charge in [-0.15, -0.1) is 11.3 Å². The lowest BCUT2D eigenvalue weighted by molar-refractivity contribution is 0.273. The van der Waals surface area contributed by atoms with Gasteiger partial charge in [0.25, 0.3) is 0 Å². The van der Waals surface area contributed by atoms with Gasteiger partial charge in [0.05, 0.1) is 0 Å². The molecule has 3 nitrogen and oxygen atoms in total. The van der Waals surface area contributed by atoms with Gasteiger partial charge in [-0.05, 0) is 35.7 Å². The van der Waals surface area contributed by atoms with E-state index < -0.39 is 0 Å². The van der Waals surface area contributed by atoms with Crippen molar-refractivity contribution in [3.05, 3.63) is 57.5 Å². The predicted molar refractivity (Wildman–Crippen MR) is 81.5 cm³/mol. The second-order valence-corrected chi connectivity index (χ2v) is 5.63. The molecule has 0 aliphatic rings. The highest BCUT2D eigenvalue weighted by Crippen LogP contribution is 2.17. The number of rotatable bonds is 6. The molecule has 0 radical (unpaired) electrons. The molecule has 0 saturated carbocycles. The lowest BCUT2D eigenvalue weighted by Gasteiger charge is -2.21. The highest BCUT2D eigenvalue weighted by Gasteiger charge is 2.11. The molecule has 0 spiro atoms. The van der Waals surface area contributed by atoms with Crippen LogP contribution in [-0.2, 0) is 13.1 Å². The largest absolute Gasteiger partial charge is 0.384 e. The molecule has 20 heavy (non-hydrogen) atoms. The number of nitrogens with zero attached hydrogens (tertiary/aromatic N) is 1. The third-order valence-corrected chi connectivity index (χ3v) is 4.02. The summed E-state index contributed by atoms with van der Waals surface area (Å²) in [6.45, 7) is 4.48. The Hall–Kier alpha value is -1.72. The Kier molecular flexibility index (Phi) is 4.87. The third-order valence-electron chi connectivity index (χ3n) is 3.16. The summed E-state index contributed by atoms with van der Waals surface area (Å²) in [5.74, 6) is -0.452. The number of nitrogens with one attached hydrogen (secondary N) is 1. The van der Waals surface area contributed by atoms with Gasteiger partial charge in [-0.25, -0.2) is 4.39 Å². The summed E-state index contributed by atoms with van der Waals surface area (Å²) >= 11 is 1.72. The highest BCUT2D eigenvalue weighted by atomic mass is 32.1. The third kappa shape index (κ3) is 3.65. The topological polar surface area (TPSA) is 53.1 Å². The van der Waals surface area contributed by atoms with Crippen molar-refractivity contribution >= 4 is 17.2 Å². The molecule has 0 unspecified atom stereocenters. The number of hydrogen-bond acceptors (Lipinski definition) is 3. The Balaban J connectivity index is 2.17. The molecule has 1 heterocycles. The van der Waals surface area contributed by atoms with E-state index in [0.717, 1.165) is 18.7 Å². The molecular weight excluding hydrogens is 273 g/mol. The minimum absolute atomic E-state index is 0.0910. The lowest BCUT2D eigenvalue weighted by Crippen LogP contribution is -2.24. The maximum atomic E-state index is 13.3. The molecule has 3 N–H and O–H groups in total. The molecule has 1 aromatic carbocycles. The first-order chi connectivity index (χ1) is 9.60. The number of amidine groups is 1. The maximum absolute atomic E-state index is 13.3. The van der Waals surface area contributed by atoms with E-state index in [4.69, 9.17) is 11.1 Å². The first kappa shape index (κ1) is 14.7. The first-order valence-corrected chi connectivity index (χ1v) is 7.35. The SMILES string of the molecule is CCN(Cc1cccs1)Cc1ccc(F)cc1C(=N)N. The van der Waals surface area contributed by atoms with Crippen molar-refractivity contribution in [3.8, 4) is 0 Å². The van der Waals surface area contributed by atoms with Crippen LogP contribution in [-0.4, -0.2) is 17.3 Å². The fourth-order valence-corrected chi connectivity index (χ4v) is 2.83. The molecule has 0 amide bonds. The summed E-state index contributed by atoms with van der Waals surface area (Å²) in [7, 11) is 0. The fourth-order valence-electron chi connectivity index (χ4n) is 2.08. The van der Waals surface area contributed by atoms with Crippen molar-refractivity contribution in [1.29, 1.82) is 5.41 Å². The van der Waals surface area contributed by atoms with Gasteiger partial charge in [-0.3, -0.25) is 10.3 Å². The molecule has 0 aliphatic carbocycles.